The van der Waals surface area contributed by atoms with E-state index in [0.717, 1.165) is 45.1 Å². The van der Waals surface area contributed by atoms with Crippen molar-refractivity contribution in [1.82, 2.24) is 19.4 Å². The smallest absolute Gasteiger partial charge is 0.223 e. The Hall–Kier alpha value is -3.54. The number of hydrogen-bond acceptors (Lipinski definition) is 4. The van der Waals surface area contributed by atoms with Crippen LogP contribution in [0.2, 0.25) is 0 Å². The minimum atomic E-state index is -0.385. The van der Waals surface area contributed by atoms with Gasteiger partial charge in [0.25, 0.3) is 0 Å². The number of nitrogens with two attached hydrogens (primary N) is 1. The van der Waals surface area contributed by atoms with Crippen LogP contribution in [0.3, 0.4) is 0 Å². The first-order valence-electron chi connectivity index (χ1n) is 8.66. The highest BCUT2D eigenvalue weighted by molar-refractivity contribution is 5.80. The molecule has 0 saturated heterocycles. The first-order valence-corrected chi connectivity index (χ1v) is 8.66. The standard InChI is InChI=1S/C21H19N5O/c1-13-8-14(2)25-18(9-13)21-17(4-3-7-23-21)15-5-6-20-24-11-16(10-19(22)27)26(20)12-15/h3-9,11-12H,10H2,1-2H3,(H2,22,27). The molecule has 0 aliphatic carbocycles. The van der Waals surface area contributed by atoms with E-state index in [1.807, 2.05) is 53.9 Å². The molecule has 0 bridgehead atoms. The van der Waals surface area contributed by atoms with Crippen molar-refractivity contribution in [3.05, 3.63) is 71.9 Å². The maximum Gasteiger partial charge on any atom is 0.223 e. The molecule has 0 unspecified atom stereocenters. The van der Waals surface area contributed by atoms with Gasteiger partial charge in [-0.1, -0.05) is 6.07 Å². The minimum Gasteiger partial charge on any atom is -0.369 e. The predicted molar refractivity (Wildman–Crippen MR) is 104 cm³/mol. The second-order valence-corrected chi connectivity index (χ2v) is 6.61. The van der Waals surface area contributed by atoms with Crippen LogP contribution in [0, 0.1) is 13.8 Å². The number of amides is 1. The van der Waals surface area contributed by atoms with Crippen molar-refractivity contribution in [2.45, 2.75) is 20.3 Å². The highest BCUT2D eigenvalue weighted by Crippen LogP contribution is 2.30. The molecule has 0 aliphatic heterocycles. The summed E-state index contributed by atoms with van der Waals surface area (Å²) in [7, 11) is 0. The second-order valence-electron chi connectivity index (χ2n) is 6.61. The van der Waals surface area contributed by atoms with Gasteiger partial charge in [0.15, 0.2) is 0 Å². The number of carbonyl (C=O) groups excluding carboxylic acids is 1. The normalized spacial score (nSPS) is 11.0. The minimum absolute atomic E-state index is 0.142. The lowest BCUT2D eigenvalue weighted by molar-refractivity contribution is -0.117. The molecular formula is C21H19N5O. The third-order valence-electron chi connectivity index (χ3n) is 4.40. The Morgan fingerprint density at radius 3 is 2.78 bits per heavy atom. The van der Waals surface area contributed by atoms with E-state index in [0.29, 0.717) is 0 Å². The van der Waals surface area contributed by atoms with Gasteiger partial charge in [-0.25, -0.2) is 4.98 Å². The third-order valence-corrected chi connectivity index (χ3v) is 4.40. The van der Waals surface area contributed by atoms with Gasteiger partial charge in [-0.2, -0.15) is 0 Å². The molecular weight excluding hydrogens is 338 g/mol. The van der Waals surface area contributed by atoms with Gasteiger partial charge in [-0.3, -0.25) is 14.8 Å². The van der Waals surface area contributed by atoms with Crippen LogP contribution in [-0.4, -0.2) is 25.3 Å². The zero-order valence-corrected chi connectivity index (χ0v) is 15.2. The van der Waals surface area contributed by atoms with E-state index < -0.39 is 0 Å². The molecule has 0 aliphatic rings. The maximum absolute atomic E-state index is 11.3. The summed E-state index contributed by atoms with van der Waals surface area (Å²) in [6, 6.07) is 11.9. The Kier molecular flexibility index (Phi) is 4.16. The van der Waals surface area contributed by atoms with Gasteiger partial charge in [0.2, 0.25) is 5.91 Å². The van der Waals surface area contributed by atoms with Crippen LogP contribution in [0.1, 0.15) is 17.0 Å². The molecule has 4 heterocycles. The van der Waals surface area contributed by atoms with Gasteiger partial charge in [-0.15, -0.1) is 0 Å². The van der Waals surface area contributed by atoms with Gasteiger partial charge < -0.3 is 10.1 Å². The molecule has 4 rings (SSSR count). The van der Waals surface area contributed by atoms with Crippen LogP contribution in [-0.2, 0) is 11.2 Å². The number of hydrogen-bond donors (Lipinski definition) is 1. The fraction of sp³-hybridized carbons (Fsp3) is 0.143. The van der Waals surface area contributed by atoms with Crippen molar-refractivity contribution < 1.29 is 4.79 Å². The molecule has 27 heavy (non-hydrogen) atoms. The van der Waals surface area contributed by atoms with Gasteiger partial charge in [0, 0.05) is 35.4 Å². The Labute approximate surface area is 156 Å². The summed E-state index contributed by atoms with van der Waals surface area (Å²) in [5.41, 5.74) is 12.6. The van der Waals surface area contributed by atoms with E-state index in [-0.39, 0.29) is 12.3 Å². The zero-order chi connectivity index (χ0) is 19.0. The molecule has 0 saturated carbocycles. The molecule has 0 fully saturated rings. The van der Waals surface area contributed by atoms with E-state index in [2.05, 4.69) is 21.9 Å². The highest BCUT2D eigenvalue weighted by atomic mass is 16.1. The predicted octanol–water partition coefficient (Wildman–Crippen LogP) is 3.10. The Bertz CT molecular complexity index is 1140. The average Bonchev–Trinajstić information content (AvgIpc) is 3.02. The van der Waals surface area contributed by atoms with Crippen LogP contribution >= 0.6 is 0 Å². The number of pyridine rings is 3. The van der Waals surface area contributed by atoms with E-state index >= 15 is 0 Å². The lowest BCUT2D eigenvalue weighted by Crippen LogP contribution is -2.14. The molecule has 2 N–H and O–H groups in total. The molecule has 0 radical (unpaired) electrons. The largest absolute Gasteiger partial charge is 0.369 e. The van der Waals surface area contributed by atoms with Crippen LogP contribution in [0.15, 0.2) is 55.0 Å². The highest BCUT2D eigenvalue weighted by Gasteiger charge is 2.13. The first kappa shape index (κ1) is 16.9. The molecule has 134 valence electrons. The van der Waals surface area contributed by atoms with Crippen molar-refractivity contribution >= 4 is 11.6 Å². The van der Waals surface area contributed by atoms with Crippen molar-refractivity contribution in [1.29, 1.82) is 0 Å². The van der Waals surface area contributed by atoms with Crippen LogP contribution in [0.25, 0.3) is 28.2 Å². The number of aromatic nitrogens is 4. The molecule has 4 aromatic heterocycles. The van der Waals surface area contributed by atoms with Crippen molar-refractivity contribution in [3.8, 4) is 22.5 Å². The number of primary amides is 1. The van der Waals surface area contributed by atoms with E-state index in [1.54, 1.807) is 12.4 Å². The molecule has 1 amide bonds. The van der Waals surface area contributed by atoms with Gasteiger partial charge >= 0.3 is 0 Å². The molecule has 6 heteroatoms. The lowest BCUT2D eigenvalue weighted by Gasteiger charge is -2.11. The van der Waals surface area contributed by atoms with E-state index in [1.165, 1.54) is 0 Å². The molecule has 6 nitrogen and oxygen atoms in total. The maximum atomic E-state index is 11.3. The average molecular weight is 357 g/mol. The molecule has 0 atom stereocenters. The van der Waals surface area contributed by atoms with Gasteiger partial charge in [0.1, 0.15) is 5.65 Å². The van der Waals surface area contributed by atoms with Crippen LogP contribution < -0.4 is 5.73 Å². The van der Waals surface area contributed by atoms with Crippen molar-refractivity contribution in [3.63, 3.8) is 0 Å². The number of fused-ring (bicyclic) bond motifs is 1. The van der Waals surface area contributed by atoms with Crippen LogP contribution in [0.5, 0.6) is 0 Å². The van der Waals surface area contributed by atoms with E-state index in [9.17, 15) is 4.79 Å². The quantitative estimate of drug-likeness (QED) is 0.608. The number of imidazole rings is 1. The third kappa shape index (κ3) is 3.29. The summed E-state index contributed by atoms with van der Waals surface area (Å²) in [6.45, 7) is 4.03. The molecule has 4 aromatic rings. The van der Waals surface area contributed by atoms with Crippen molar-refractivity contribution in [2.24, 2.45) is 5.73 Å². The summed E-state index contributed by atoms with van der Waals surface area (Å²) in [5.74, 6) is -0.385. The summed E-state index contributed by atoms with van der Waals surface area (Å²) in [5, 5.41) is 0. The Morgan fingerprint density at radius 1 is 1.15 bits per heavy atom. The lowest BCUT2D eigenvalue weighted by atomic mass is 10.0. The SMILES string of the molecule is Cc1cc(C)nc(-c2ncccc2-c2ccc3ncc(CC(N)=O)n3c2)c1. The van der Waals surface area contributed by atoms with Crippen molar-refractivity contribution in [2.75, 3.05) is 0 Å². The zero-order valence-electron chi connectivity index (χ0n) is 15.2. The Balaban J connectivity index is 1.88. The number of carbonyl (C=O) groups is 1. The summed E-state index contributed by atoms with van der Waals surface area (Å²) >= 11 is 0. The van der Waals surface area contributed by atoms with Gasteiger partial charge in [0.05, 0.1) is 23.5 Å². The summed E-state index contributed by atoms with van der Waals surface area (Å²) in [6.07, 6.45) is 5.55. The Morgan fingerprint density at radius 2 is 2.00 bits per heavy atom. The number of aryl methyl sites for hydroxylation is 2. The fourth-order valence-electron chi connectivity index (χ4n) is 3.30. The van der Waals surface area contributed by atoms with Gasteiger partial charge in [-0.05, 0) is 49.7 Å². The number of rotatable bonds is 4. The molecule has 0 aromatic carbocycles. The second kappa shape index (κ2) is 6.64. The number of nitrogens with zero attached hydrogens (tertiary/aromatic N) is 4. The molecule has 0 spiro atoms. The summed E-state index contributed by atoms with van der Waals surface area (Å²) < 4.78 is 1.89. The summed E-state index contributed by atoms with van der Waals surface area (Å²) in [4.78, 5) is 24.9. The monoisotopic (exact) mass is 357 g/mol. The van der Waals surface area contributed by atoms with E-state index in [4.69, 9.17) is 5.73 Å². The first-order chi connectivity index (χ1) is 13.0. The topological polar surface area (TPSA) is 86.2 Å². The fourth-order valence-corrected chi connectivity index (χ4v) is 3.30. The van der Waals surface area contributed by atoms with Crippen LogP contribution in [0.4, 0.5) is 0 Å².